The van der Waals surface area contributed by atoms with E-state index in [9.17, 15) is 4.79 Å². The van der Waals surface area contributed by atoms with Crippen molar-refractivity contribution in [2.24, 2.45) is 5.92 Å². The standard InChI is InChI=1S/C28H35Cl2N3O2/c29-22-5-7-24(8-6-22)33-15-12-21(18-33)28(34)31-23(19-32-13-2-1-3-14-32)16-20-4-11-27(26(30)17-20)35-25-9-10-25/h4-8,11,17,21,23,25H,1-3,9-10,12-16,18-19H2,(H,31,34)/t21-,23?/m1/s1. The predicted molar refractivity (Wildman–Crippen MR) is 143 cm³/mol. The molecule has 2 aromatic carbocycles. The Balaban J connectivity index is 1.23. The van der Waals surface area contributed by atoms with Crippen LogP contribution in [0.1, 0.15) is 44.1 Å². The first-order chi connectivity index (χ1) is 17.0. The van der Waals surface area contributed by atoms with Gasteiger partial charge < -0.3 is 19.9 Å². The van der Waals surface area contributed by atoms with Gasteiger partial charge in [0.05, 0.1) is 17.0 Å². The van der Waals surface area contributed by atoms with E-state index in [1.54, 1.807) is 0 Å². The number of nitrogens with zero attached hydrogens (tertiary/aromatic N) is 2. The van der Waals surface area contributed by atoms with Crippen molar-refractivity contribution in [3.63, 3.8) is 0 Å². The largest absolute Gasteiger partial charge is 0.489 e. The van der Waals surface area contributed by atoms with E-state index in [1.165, 1.54) is 19.3 Å². The number of amides is 1. The maximum Gasteiger partial charge on any atom is 0.225 e. The van der Waals surface area contributed by atoms with Gasteiger partial charge in [-0.1, -0.05) is 35.7 Å². The van der Waals surface area contributed by atoms with Crippen LogP contribution >= 0.6 is 23.2 Å². The second-order valence-corrected chi connectivity index (χ2v) is 11.1. The molecule has 1 saturated carbocycles. The number of hydrogen-bond acceptors (Lipinski definition) is 4. The summed E-state index contributed by atoms with van der Waals surface area (Å²) >= 11 is 12.6. The van der Waals surface area contributed by atoms with Crippen LogP contribution in [0, 0.1) is 5.92 Å². The third-order valence-corrected chi connectivity index (χ3v) is 7.87. The molecule has 35 heavy (non-hydrogen) atoms. The maximum absolute atomic E-state index is 13.3. The molecule has 2 aliphatic heterocycles. The van der Waals surface area contributed by atoms with Crippen LogP contribution in [-0.2, 0) is 11.2 Å². The monoisotopic (exact) mass is 515 g/mol. The van der Waals surface area contributed by atoms with E-state index < -0.39 is 0 Å². The Labute approximate surface area is 218 Å². The van der Waals surface area contributed by atoms with E-state index in [0.717, 1.165) is 80.4 Å². The van der Waals surface area contributed by atoms with E-state index in [1.807, 2.05) is 36.4 Å². The van der Waals surface area contributed by atoms with Crippen molar-refractivity contribution < 1.29 is 9.53 Å². The van der Waals surface area contributed by atoms with Crippen LogP contribution in [0.3, 0.4) is 0 Å². The number of benzene rings is 2. The minimum atomic E-state index is -0.00700. The Morgan fingerprint density at radius 2 is 1.77 bits per heavy atom. The van der Waals surface area contributed by atoms with Gasteiger partial charge in [-0.25, -0.2) is 0 Å². The van der Waals surface area contributed by atoms with Gasteiger partial charge in [0, 0.05) is 36.4 Å². The zero-order valence-corrected chi connectivity index (χ0v) is 21.7. The first-order valence-electron chi connectivity index (χ1n) is 13.0. The Bertz CT molecular complexity index is 1010. The zero-order valence-electron chi connectivity index (χ0n) is 20.2. The molecule has 2 atom stereocenters. The Hall–Kier alpha value is -1.95. The van der Waals surface area contributed by atoms with E-state index in [-0.39, 0.29) is 17.9 Å². The second kappa shape index (κ2) is 11.4. The lowest BCUT2D eigenvalue weighted by atomic mass is 10.0. The third-order valence-electron chi connectivity index (χ3n) is 7.32. The van der Waals surface area contributed by atoms with Crippen molar-refractivity contribution in [2.45, 2.75) is 57.1 Å². The molecule has 1 amide bonds. The SMILES string of the molecule is O=C(NC(Cc1ccc(OC2CC2)c(Cl)c1)CN1CCCCC1)[C@@H]1CCN(c2ccc(Cl)cc2)C1. The van der Waals surface area contributed by atoms with Crippen LogP contribution < -0.4 is 15.0 Å². The smallest absolute Gasteiger partial charge is 0.225 e. The molecular weight excluding hydrogens is 481 g/mol. The molecule has 5 rings (SSSR count). The number of rotatable bonds is 9. The van der Waals surface area contributed by atoms with Crippen LogP contribution in [-0.4, -0.2) is 55.7 Å². The van der Waals surface area contributed by atoms with E-state index in [0.29, 0.717) is 11.1 Å². The first-order valence-corrected chi connectivity index (χ1v) is 13.8. The fourth-order valence-electron chi connectivity index (χ4n) is 5.21. The summed E-state index contributed by atoms with van der Waals surface area (Å²) in [6, 6.07) is 14.0. The molecule has 3 fully saturated rings. The van der Waals surface area contributed by atoms with Crippen molar-refractivity contribution >= 4 is 34.8 Å². The van der Waals surface area contributed by atoms with Crippen molar-refractivity contribution in [2.75, 3.05) is 37.6 Å². The normalized spacial score (nSPS) is 21.7. The molecule has 0 aromatic heterocycles. The molecule has 1 unspecified atom stereocenters. The maximum atomic E-state index is 13.3. The number of likely N-dealkylation sites (tertiary alicyclic amines) is 1. The highest BCUT2D eigenvalue weighted by atomic mass is 35.5. The van der Waals surface area contributed by atoms with Gasteiger partial charge in [0.25, 0.3) is 0 Å². The number of carbonyl (C=O) groups excluding carboxylic acids is 1. The summed E-state index contributed by atoms with van der Waals surface area (Å²) < 4.78 is 5.90. The topological polar surface area (TPSA) is 44.8 Å². The highest BCUT2D eigenvalue weighted by molar-refractivity contribution is 6.32. The van der Waals surface area contributed by atoms with Crippen LogP contribution in [0.5, 0.6) is 5.75 Å². The molecule has 2 aromatic rings. The Kier molecular flexibility index (Phi) is 8.06. The number of hydrogen-bond donors (Lipinski definition) is 1. The van der Waals surface area contributed by atoms with Gasteiger partial charge in [-0.15, -0.1) is 0 Å². The summed E-state index contributed by atoms with van der Waals surface area (Å²) in [7, 11) is 0. The Morgan fingerprint density at radius 1 is 1.00 bits per heavy atom. The van der Waals surface area contributed by atoms with E-state index in [2.05, 4.69) is 21.2 Å². The second-order valence-electron chi connectivity index (χ2n) is 10.3. The first kappa shape index (κ1) is 24.7. The summed E-state index contributed by atoms with van der Waals surface area (Å²) in [6.07, 6.45) is 7.94. The van der Waals surface area contributed by atoms with Crippen molar-refractivity contribution in [3.05, 3.63) is 58.1 Å². The van der Waals surface area contributed by atoms with Crippen molar-refractivity contribution in [1.82, 2.24) is 10.2 Å². The molecule has 5 nitrogen and oxygen atoms in total. The van der Waals surface area contributed by atoms with E-state index >= 15 is 0 Å². The molecular formula is C28H35Cl2N3O2. The third kappa shape index (κ3) is 6.84. The number of nitrogens with one attached hydrogen (secondary N) is 1. The van der Waals surface area contributed by atoms with Crippen LogP contribution in [0.2, 0.25) is 10.0 Å². The van der Waals surface area contributed by atoms with Gasteiger partial charge in [-0.2, -0.15) is 0 Å². The fourth-order valence-corrected chi connectivity index (χ4v) is 5.59. The van der Waals surface area contributed by atoms with Gasteiger partial charge >= 0.3 is 0 Å². The lowest BCUT2D eigenvalue weighted by Crippen LogP contribution is -2.48. The average molecular weight is 517 g/mol. The molecule has 3 aliphatic rings. The number of anilines is 1. The molecule has 0 radical (unpaired) electrons. The van der Waals surface area contributed by atoms with Gasteiger partial charge in [0.15, 0.2) is 0 Å². The van der Waals surface area contributed by atoms with Gasteiger partial charge in [0.2, 0.25) is 5.91 Å². The van der Waals surface area contributed by atoms with E-state index in [4.69, 9.17) is 27.9 Å². The van der Waals surface area contributed by atoms with Gasteiger partial charge in [0.1, 0.15) is 5.75 Å². The quantitative estimate of drug-likeness (QED) is 0.473. The average Bonchev–Trinajstić information content (AvgIpc) is 3.53. The minimum Gasteiger partial charge on any atom is -0.489 e. The molecule has 1 aliphatic carbocycles. The molecule has 188 valence electrons. The van der Waals surface area contributed by atoms with Gasteiger partial charge in [-0.3, -0.25) is 4.79 Å². The van der Waals surface area contributed by atoms with Crippen molar-refractivity contribution in [3.8, 4) is 5.75 Å². The number of carbonyl (C=O) groups is 1. The highest BCUT2D eigenvalue weighted by Gasteiger charge is 2.30. The van der Waals surface area contributed by atoms with Crippen LogP contribution in [0.25, 0.3) is 0 Å². The molecule has 2 saturated heterocycles. The van der Waals surface area contributed by atoms with Gasteiger partial charge in [-0.05, 0) is 93.6 Å². The fraction of sp³-hybridized carbons (Fsp3) is 0.536. The lowest BCUT2D eigenvalue weighted by Gasteiger charge is -2.31. The predicted octanol–water partition coefficient (Wildman–Crippen LogP) is 5.57. The number of halogens is 2. The Morgan fingerprint density at radius 3 is 2.49 bits per heavy atom. The summed E-state index contributed by atoms with van der Waals surface area (Å²) in [5.41, 5.74) is 2.26. The molecule has 2 heterocycles. The van der Waals surface area contributed by atoms with Crippen molar-refractivity contribution in [1.29, 1.82) is 0 Å². The zero-order chi connectivity index (χ0) is 24.2. The number of ether oxygens (including phenoxy) is 1. The molecule has 0 spiro atoms. The number of piperidine rings is 1. The summed E-state index contributed by atoms with van der Waals surface area (Å²) in [5, 5.41) is 4.80. The van der Waals surface area contributed by atoms with Crippen LogP contribution in [0.15, 0.2) is 42.5 Å². The lowest BCUT2D eigenvalue weighted by molar-refractivity contribution is -0.125. The summed E-state index contributed by atoms with van der Waals surface area (Å²) in [4.78, 5) is 18.1. The molecule has 7 heteroatoms. The highest BCUT2D eigenvalue weighted by Crippen LogP contribution is 2.33. The summed E-state index contributed by atoms with van der Waals surface area (Å²) in [5.74, 6) is 0.915. The molecule has 0 bridgehead atoms. The minimum absolute atomic E-state index is 0.00700. The molecule has 1 N–H and O–H groups in total. The summed E-state index contributed by atoms with van der Waals surface area (Å²) in [6.45, 7) is 4.71. The van der Waals surface area contributed by atoms with Crippen LogP contribution in [0.4, 0.5) is 5.69 Å².